The molecular weight excluding hydrogens is 486 g/mol. The number of anilines is 1. The average molecular weight is 506 g/mol. The highest BCUT2D eigenvalue weighted by Gasteiger charge is 2.19. The van der Waals surface area contributed by atoms with E-state index in [9.17, 15) is 14.4 Å². The minimum Gasteiger partial charge on any atom is -0.451 e. The van der Waals surface area contributed by atoms with Crippen LogP contribution in [-0.4, -0.2) is 28.3 Å². The van der Waals surface area contributed by atoms with Gasteiger partial charge >= 0.3 is 5.97 Å². The summed E-state index contributed by atoms with van der Waals surface area (Å²) in [6.45, 7) is 1.62. The van der Waals surface area contributed by atoms with Crippen LogP contribution in [0.1, 0.15) is 21.6 Å². The minimum absolute atomic E-state index is 0.0200. The van der Waals surface area contributed by atoms with Crippen molar-refractivity contribution >= 4 is 44.3 Å². The molecule has 3 aromatic carbocycles. The molecule has 0 unspecified atom stereocenters. The molecule has 0 aliphatic heterocycles. The molecule has 0 bridgehead atoms. The number of nitrogens with one attached hydrogen (secondary N) is 1. The molecule has 166 valence electrons. The molecule has 0 saturated heterocycles. The number of amides is 1. The largest absolute Gasteiger partial charge is 0.451 e. The highest BCUT2D eigenvalue weighted by Crippen LogP contribution is 2.20. The second-order valence-corrected chi connectivity index (χ2v) is 8.29. The fourth-order valence-corrected chi connectivity index (χ4v) is 3.62. The van der Waals surface area contributed by atoms with E-state index in [2.05, 4.69) is 26.3 Å². The van der Waals surface area contributed by atoms with Crippen molar-refractivity contribution in [3.05, 3.63) is 104 Å². The SMILES string of the molecule is Cc1cc(NC(=O)COC(=O)c2nn(Cc3ccccc3)c(=O)c3ccccc23)ccc1Br. The first kappa shape index (κ1) is 22.4. The number of carbonyl (C=O) groups excluding carboxylic acids is 2. The maximum absolute atomic E-state index is 12.9. The lowest BCUT2D eigenvalue weighted by Gasteiger charge is -2.11. The summed E-state index contributed by atoms with van der Waals surface area (Å²) in [5.41, 5.74) is 2.09. The van der Waals surface area contributed by atoms with E-state index in [1.54, 1.807) is 36.4 Å². The summed E-state index contributed by atoms with van der Waals surface area (Å²) < 4.78 is 7.39. The molecular formula is C25H20BrN3O4. The van der Waals surface area contributed by atoms with Crippen LogP contribution in [0.3, 0.4) is 0 Å². The van der Waals surface area contributed by atoms with Gasteiger partial charge in [0.05, 0.1) is 11.9 Å². The second kappa shape index (κ2) is 9.79. The molecule has 7 nitrogen and oxygen atoms in total. The van der Waals surface area contributed by atoms with Crippen LogP contribution in [0.2, 0.25) is 0 Å². The third-order valence-corrected chi connectivity index (χ3v) is 5.90. The Hall–Kier alpha value is -3.78. The molecule has 0 spiro atoms. The topological polar surface area (TPSA) is 90.3 Å². The van der Waals surface area contributed by atoms with E-state index < -0.39 is 18.5 Å². The van der Waals surface area contributed by atoms with E-state index in [0.717, 1.165) is 15.6 Å². The van der Waals surface area contributed by atoms with E-state index in [-0.39, 0.29) is 17.8 Å². The first-order valence-electron chi connectivity index (χ1n) is 10.2. The van der Waals surface area contributed by atoms with Gasteiger partial charge in [-0.2, -0.15) is 5.10 Å². The Balaban J connectivity index is 1.55. The summed E-state index contributed by atoms with van der Waals surface area (Å²) in [7, 11) is 0. The third-order valence-electron chi connectivity index (χ3n) is 5.01. The number of hydrogen-bond acceptors (Lipinski definition) is 5. The van der Waals surface area contributed by atoms with E-state index in [4.69, 9.17) is 4.74 Å². The number of rotatable bonds is 6. The molecule has 1 heterocycles. The number of aromatic nitrogens is 2. The molecule has 4 aromatic rings. The van der Waals surface area contributed by atoms with Gasteiger partial charge in [-0.05, 0) is 42.3 Å². The van der Waals surface area contributed by atoms with Crippen molar-refractivity contribution in [3.63, 3.8) is 0 Å². The maximum Gasteiger partial charge on any atom is 0.359 e. The maximum atomic E-state index is 12.9. The number of hydrogen-bond donors (Lipinski definition) is 1. The highest BCUT2D eigenvalue weighted by molar-refractivity contribution is 9.10. The number of esters is 1. The molecule has 0 aliphatic carbocycles. The minimum atomic E-state index is -0.782. The van der Waals surface area contributed by atoms with Crippen molar-refractivity contribution in [1.82, 2.24) is 9.78 Å². The number of carbonyl (C=O) groups is 2. The summed E-state index contributed by atoms with van der Waals surface area (Å²) in [4.78, 5) is 38.0. The molecule has 0 fully saturated rings. The quantitative estimate of drug-likeness (QED) is 0.394. The standard InChI is InChI=1S/C25H20BrN3O4/c1-16-13-18(11-12-21(16)26)27-22(30)15-33-25(32)23-19-9-5-6-10-20(19)24(31)29(28-23)14-17-7-3-2-4-8-17/h2-13H,14-15H2,1H3,(H,27,30). The van der Waals surface area contributed by atoms with Gasteiger partial charge in [0.2, 0.25) is 0 Å². The Kier molecular flexibility index (Phi) is 6.65. The summed E-state index contributed by atoms with van der Waals surface area (Å²) >= 11 is 3.41. The van der Waals surface area contributed by atoms with Gasteiger partial charge in [0.25, 0.3) is 11.5 Å². The molecule has 1 aromatic heterocycles. The van der Waals surface area contributed by atoms with Crippen molar-refractivity contribution in [2.24, 2.45) is 0 Å². The number of ether oxygens (including phenoxy) is 1. The van der Waals surface area contributed by atoms with Crippen LogP contribution in [0.25, 0.3) is 10.8 Å². The molecule has 1 N–H and O–H groups in total. The zero-order valence-electron chi connectivity index (χ0n) is 17.7. The van der Waals surface area contributed by atoms with Crippen molar-refractivity contribution < 1.29 is 14.3 Å². The fourth-order valence-electron chi connectivity index (χ4n) is 3.37. The van der Waals surface area contributed by atoms with Crippen LogP contribution in [0.15, 0.2) is 82.1 Å². The number of aryl methyl sites for hydroxylation is 1. The lowest BCUT2D eigenvalue weighted by atomic mass is 10.1. The average Bonchev–Trinajstić information content (AvgIpc) is 2.82. The van der Waals surface area contributed by atoms with Gasteiger partial charge in [-0.25, -0.2) is 9.48 Å². The number of fused-ring (bicyclic) bond motifs is 1. The van der Waals surface area contributed by atoms with E-state index in [1.165, 1.54) is 4.68 Å². The van der Waals surface area contributed by atoms with Crippen LogP contribution in [-0.2, 0) is 16.1 Å². The van der Waals surface area contributed by atoms with Crippen LogP contribution < -0.4 is 10.9 Å². The summed E-state index contributed by atoms with van der Waals surface area (Å²) in [6.07, 6.45) is 0. The number of benzene rings is 3. The third kappa shape index (κ3) is 5.18. The summed E-state index contributed by atoms with van der Waals surface area (Å²) in [5.74, 6) is -1.26. The van der Waals surface area contributed by atoms with E-state index in [0.29, 0.717) is 16.5 Å². The fraction of sp³-hybridized carbons (Fsp3) is 0.120. The van der Waals surface area contributed by atoms with Gasteiger partial charge < -0.3 is 10.1 Å². The van der Waals surface area contributed by atoms with Gasteiger partial charge in [0.15, 0.2) is 12.3 Å². The zero-order chi connectivity index (χ0) is 23.4. The summed E-state index contributed by atoms with van der Waals surface area (Å²) in [5, 5.41) is 7.69. The first-order chi connectivity index (χ1) is 15.9. The number of nitrogens with zero attached hydrogens (tertiary/aromatic N) is 2. The second-order valence-electron chi connectivity index (χ2n) is 7.43. The molecule has 0 atom stereocenters. The lowest BCUT2D eigenvalue weighted by Crippen LogP contribution is -2.28. The Morgan fingerprint density at radius 2 is 1.70 bits per heavy atom. The van der Waals surface area contributed by atoms with Gasteiger partial charge in [-0.15, -0.1) is 0 Å². The Morgan fingerprint density at radius 3 is 2.42 bits per heavy atom. The molecule has 0 aliphatic rings. The van der Waals surface area contributed by atoms with Gasteiger partial charge in [0, 0.05) is 15.5 Å². The molecule has 4 rings (SSSR count). The Morgan fingerprint density at radius 1 is 1.00 bits per heavy atom. The van der Waals surface area contributed by atoms with Crippen LogP contribution >= 0.6 is 15.9 Å². The monoisotopic (exact) mass is 505 g/mol. The van der Waals surface area contributed by atoms with Crippen LogP contribution in [0.4, 0.5) is 5.69 Å². The smallest absolute Gasteiger partial charge is 0.359 e. The molecule has 33 heavy (non-hydrogen) atoms. The van der Waals surface area contributed by atoms with Gasteiger partial charge in [0.1, 0.15) is 0 Å². The lowest BCUT2D eigenvalue weighted by molar-refractivity contribution is -0.119. The normalized spacial score (nSPS) is 10.7. The van der Waals surface area contributed by atoms with E-state index in [1.807, 2.05) is 43.3 Å². The predicted octanol–water partition coefficient (Wildman–Crippen LogP) is 4.31. The van der Waals surface area contributed by atoms with Gasteiger partial charge in [-0.1, -0.05) is 64.5 Å². The molecule has 0 saturated carbocycles. The molecule has 0 radical (unpaired) electrons. The summed E-state index contributed by atoms with van der Waals surface area (Å²) in [6, 6.07) is 21.4. The highest BCUT2D eigenvalue weighted by atomic mass is 79.9. The van der Waals surface area contributed by atoms with Crippen molar-refractivity contribution in [2.45, 2.75) is 13.5 Å². The zero-order valence-corrected chi connectivity index (χ0v) is 19.3. The van der Waals surface area contributed by atoms with Crippen molar-refractivity contribution in [1.29, 1.82) is 0 Å². The van der Waals surface area contributed by atoms with Gasteiger partial charge in [-0.3, -0.25) is 9.59 Å². The Bertz CT molecular complexity index is 1400. The van der Waals surface area contributed by atoms with E-state index >= 15 is 0 Å². The Labute approximate surface area is 198 Å². The van der Waals surface area contributed by atoms with Crippen LogP contribution in [0, 0.1) is 6.92 Å². The first-order valence-corrected chi connectivity index (χ1v) is 11.0. The predicted molar refractivity (Wildman–Crippen MR) is 129 cm³/mol. The number of halogens is 1. The molecule has 1 amide bonds. The van der Waals surface area contributed by atoms with Crippen LogP contribution in [0.5, 0.6) is 0 Å². The van der Waals surface area contributed by atoms with Crippen molar-refractivity contribution in [3.8, 4) is 0 Å². The van der Waals surface area contributed by atoms with Crippen molar-refractivity contribution in [2.75, 3.05) is 11.9 Å². The molecule has 8 heteroatoms.